The number of nitrogens with one attached hydrogen (secondary N) is 2. The van der Waals surface area contributed by atoms with Crippen LogP contribution < -0.4 is 10.6 Å². The molecule has 0 aromatic heterocycles. The fraction of sp³-hybridized carbons (Fsp3) is 0.467. The molecule has 2 amide bonds. The van der Waals surface area contributed by atoms with E-state index in [0.29, 0.717) is 18.7 Å². The van der Waals surface area contributed by atoms with Crippen LogP contribution in [0.5, 0.6) is 0 Å². The summed E-state index contributed by atoms with van der Waals surface area (Å²) in [4.78, 5) is 23.1. The predicted octanol–water partition coefficient (Wildman–Crippen LogP) is 0.934. The van der Waals surface area contributed by atoms with Crippen LogP contribution in [-0.4, -0.2) is 44.2 Å². The minimum Gasteiger partial charge on any atom is -0.358 e. The number of anilines is 1. The van der Waals surface area contributed by atoms with E-state index >= 15 is 0 Å². The van der Waals surface area contributed by atoms with Gasteiger partial charge in [-0.05, 0) is 37.1 Å². The number of sulfonamides is 1. The summed E-state index contributed by atoms with van der Waals surface area (Å²) >= 11 is 0. The molecular weight excluding hydrogens is 318 g/mol. The highest BCUT2D eigenvalue weighted by atomic mass is 32.2. The Morgan fingerprint density at radius 3 is 2.39 bits per heavy atom. The van der Waals surface area contributed by atoms with E-state index in [1.165, 1.54) is 42.5 Å². The topological polar surface area (TPSA) is 95.6 Å². The van der Waals surface area contributed by atoms with Crippen molar-refractivity contribution < 1.29 is 18.0 Å². The summed E-state index contributed by atoms with van der Waals surface area (Å²) < 4.78 is 26.9. The zero-order chi connectivity index (χ0) is 17.0. The summed E-state index contributed by atoms with van der Waals surface area (Å²) in [6, 6.07) is 5.28. The molecule has 1 aromatic carbocycles. The molecule has 126 valence electrons. The highest BCUT2D eigenvalue weighted by Gasteiger charge is 2.37. The normalized spacial score (nSPS) is 19.1. The number of benzene rings is 1. The van der Waals surface area contributed by atoms with Gasteiger partial charge in [0.05, 0.1) is 4.90 Å². The van der Waals surface area contributed by atoms with Crippen molar-refractivity contribution in [1.29, 1.82) is 0 Å². The molecule has 0 aliphatic carbocycles. The second kappa shape index (κ2) is 7.10. The Labute approximate surface area is 136 Å². The van der Waals surface area contributed by atoms with Crippen LogP contribution in [0, 0.1) is 0 Å². The van der Waals surface area contributed by atoms with E-state index in [2.05, 4.69) is 10.6 Å². The maximum absolute atomic E-state index is 12.8. The monoisotopic (exact) mass is 339 g/mol. The lowest BCUT2D eigenvalue weighted by Crippen LogP contribution is -2.51. The van der Waals surface area contributed by atoms with Crippen molar-refractivity contribution in [2.24, 2.45) is 0 Å². The maximum atomic E-state index is 12.8. The van der Waals surface area contributed by atoms with Gasteiger partial charge >= 0.3 is 0 Å². The Morgan fingerprint density at radius 2 is 1.83 bits per heavy atom. The molecule has 0 bridgehead atoms. The van der Waals surface area contributed by atoms with E-state index < -0.39 is 16.1 Å². The van der Waals surface area contributed by atoms with Crippen molar-refractivity contribution in [2.45, 2.75) is 37.1 Å². The van der Waals surface area contributed by atoms with Gasteiger partial charge in [-0.2, -0.15) is 4.31 Å². The van der Waals surface area contributed by atoms with Crippen LogP contribution in [0.15, 0.2) is 29.2 Å². The minimum absolute atomic E-state index is 0.113. The van der Waals surface area contributed by atoms with Crippen molar-refractivity contribution in [3.05, 3.63) is 24.3 Å². The molecule has 23 heavy (non-hydrogen) atoms. The quantitative estimate of drug-likeness (QED) is 0.853. The van der Waals surface area contributed by atoms with Crippen LogP contribution >= 0.6 is 0 Å². The van der Waals surface area contributed by atoms with Crippen LogP contribution in [0.3, 0.4) is 0 Å². The first-order valence-corrected chi connectivity index (χ1v) is 8.91. The van der Waals surface area contributed by atoms with E-state index in [9.17, 15) is 18.0 Å². The third-order valence-corrected chi connectivity index (χ3v) is 5.71. The van der Waals surface area contributed by atoms with Gasteiger partial charge in [-0.3, -0.25) is 9.59 Å². The molecule has 0 spiro atoms. The van der Waals surface area contributed by atoms with Gasteiger partial charge in [0.15, 0.2) is 0 Å². The molecule has 2 N–H and O–H groups in total. The Morgan fingerprint density at radius 1 is 1.17 bits per heavy atom. The van der Waals surface area contributed by atoms with Gasteiger partial charge in [0.1, 0.15) is 6.04 Å². The zero-order valence-corrected chi connectivity index (χ0v) is 14.0. The van der Waals surface area contributed by atoms with E-state index in [0.717, 1.165) is 12.8 Å². The minimum atomic E-state index is -3.75. The van der Waals surface area contributed by atoms with Crippen LogP contribution in [0.25, 0.3) is 0 Å². The second-order valence-electron chi connectivity index (χ2n) is 5.45. The maximum Gasteiger partial charge on any atom is 0.243 e. The number of nitrogens with zero attached hydrogens (tertiary/aromatic N) is 1. The first-order valence-electron chi connectivity index (χ1n) is 7.47. The van der Waals surface area contributed by atoms with E-state index in [1.54, 1.807) is 0 Å². The van der Waals surface area contributed by atoms with Gasteiger partial charge in [-0.15, -0.1) is 0 Å². The Balaban J connectivity index is 2.28. The van der Waals surface area contributed by atoms with Crippen LogP contribution in [0.4, 0.5) is 5.69 Å². The molecule has 1 aromatic rings. The van der Waals surface area contributed by atoms with Crippen molar-refractivity contribution >= 4 is 27.5 Å². The highest BCUT2D eigenvalue weighted by Crippen LogP contribution is 2.26. The van der Waals surface area contributed by atoms with Gasteiger partial charge in [-0.25, -0.2) is 8.42 Å². The lowest BCUT2D eigenvalue weighted by Gasteiger charge is -2.33. The standard InChI is InChI=1S/C15H21N3O4S/c1-11(19)17-12-6-8-13(9-7-12)23(21,22)18-10-4-3-5-14(18)15(20)16-2/h6-9,14H,3-5,10H2,1-2H3,(H,16,20)(H,17,19). The summed E-state index contributed by atoms with van der Waals surface area (Å²) in [6.45, 7) is 1.71. The van der Waals surface area contributed by atoms with Gasteiger partial charge in [-0.1, -0.05) is 6.42 Å². The number of amides is 2. The number of hydrogen-bond donors (Lipinski definition) is 2. The molecule has 2 rings (SSSR count). The largest absolute Gasteiger partial charge is 0.358 e. The fourth-order valence-corrected chi connectivity index (χ4v) is 4.33. The Kier molecular flexibility index (Phi) is 5.38. The molecule has 0 radical (unpaired) electrons. The molecule has 0 saturated carbocycles. The smallest absolute Gasteiger partial charge is 0.243 e. The summed E-state index contributed by atoms with van der Waals surface area (Å²) in [7, 11) is -2.25. The fourth-order valence-electron chi connectivity index (χ4n) is 2.67. The van der Waals surface area contributed by atoms with Crippen LogP contribution in [0.2, 0.25) is 0 Å². The molecule has 1 aliphatic heterocycles. The first kappa shape index (κ1) is 17.4. The van der Waals surface area contributed by atoms with E-state index in [4.69, 9.17) is 0 Å². The third-order valence-electron chi connectivity index (χ3n) is 3.78. The van der Waals surface area contributed by atoms with Crippen LogP contribution in [0.1, 0.15) is 26.2 Å². The van der Waals surface area contributed by atoms with E-state index in [-0.39, 0.29) is 16.7 Å². The summed E-state index contributed by atoms with van der Waals surface area (Å²) in [6.07, 6.45) is 2.07. The molecule has 1 heterocycles. The van der Waals surface area contributed by atoms with Gasteiger partial charge in [0.2, 0.25) is 21.8 Å². The Bertz CT molecular complexity index is 685. The van der Waals surface area contributed by atoms with Crippen molar-refractivity contribution in [3.63, 3.8) is 0 Å². The molecule has 7 nitrogen and oxygen atoms in total. The van der Waals surface area contributed by atoms with Gasteiger partial charge in [0, 0.05) is 26.2 Å². The predicted molar refractivity (Wildman–Crippen MR) is 86.3 cm³/mol. The number of carbonyl (C=O) groups excluding carboxylic acids is 2. The number of piperidine rings is 1. The lowest BCUT2D eigenvalue weighted by atomic mass is 10.0. The average Bonchev–Trinajstić information content (AvgIpc) is 2.54. The number of rotatable bonds is 4. The number of hydrogen-bond acceptors (Lipinski definition) is 4. The van der Waals surface area contributed by atoms with Gasteiger partial charge < -0.3 is 10.6 Å². The van der Waals surface area contributed by atoms with Crippen molar-refractivity contribution in [3.8, 4) is 0 Å². The number of likely N-dealkylation sites (N-methyl/N-ethyl adjacent to an activating group) is 1. The SMILES string of the molecule is CNC(=O)C1CCCCN1S(=O)(=O)c1ccc(NC(C)=O)cc1. The molecule has 1 saturated heterocycles. The van der Waals surface area contributed by atoms with E-state index in [1.807, 2.05) is 0 Å². The van der Waals surface area contributed by atoms with Crippen LogP contribution in [-0.2, 0) is 19.6 Å². The molecule has 1 aliphatic rings. The second-order valence-corrected chi connectivity index (χ2v) is 7.34. The molecule has 1 unspecified atom stereocenters. The lowest BCUT2D eigenvalue weighted by molar-refractivity contribution is -0.125. The average molecular weight is 339 g/mol. The molecule has 1 fully saturated rings. The highest BCUT2D eigenvalue weighted by molar-refractivity contribution is 7.89. The third kappa shape index (κ3) is 3.89. The van der Waals surface area contributed by atoms with Crippen molar-refractivity contribution in [1.82, 2.24) is 9.62 Å². The number of carbonyl (C=O) groups is 2. The molecular formula is C15H21N3O4S. The summed E-state index contributed by atoms with van der Waals surface area (Å²) in [5.74, 6) is -0.514. The molecule has 8 heteroatoms. The zero-order valence-electron chi connectivity index (χ0n) is 13.2. The van der Waals surface area contributed by atoms with Gasteiger partial charge in [0.25, 0.3) is 0 Å². The summed E-state index contributed by atoms with van der Waals surface area (Å²) in [5.41, 5.74) is 0.526. The molecule has 1 atom stereocenters. The van der Waals surface area contributed by atoms with Crippen molar-refractivity contribution in [2.75, 3.05) is 18.9 Å². The summed E-state index contributed by atoms with van der Waals surface area (Å²) in [5, 5.41) is 5.11. The first-order chi connectivity index (χ1) is 10.9. The Hall–Kier alpha value is -1.93.